The van der Waals surface area contributed by atoms with Gasteiger partial charge in [0, 0.05) is 17.1 Å². The molecule has 4 rings (SSSR count). The van der Waals surface area contributed by atoms with Crippen molar-refractivity contribution in [3.8, 4) is 5.75 Å². The van der Waals surface area contributed by atoms with Gasteiger partial charge in [-0.25, -0.2) is 9.98 Å². The van der Waals surface area contributed by atoms with E-state index in [0.29, 0.717) is 5.84 Å². The highest BCUT2D eigenvalue weighted by molar-refractivity contribution is 8.18. The quantitative estimate of drug-likeness (QED) is 0.719. The number of fused-ring (bicyclic) bond motifs is 1. The van der Waals surface area contributed by atoms with Gasteiger partial charge in [-0.3, -0.25) is 9.20 Å². The van der Waals surface area contributed by atoms with Crippen molar-refractivity contribution in [2.45, 2.75) is 13.8 Å². The summed E-state index contributed by atoms with van der Waals surface area (Å²) in [6.45, 7) is 4.02. The molecule has 26 heavy (non-hydrogen) atoms. The number of thioether (sulfide) groups is 1. The normalized spacial score (nSPS) is 17.4. The summed E-state index contributed by atoms with van der Waals surface area (Å²) in [6.07, 6.45) is 1.97. The van der Waals surface area contributed by atoms with Crippen LogP contribution in [0.2, 0.25) is 0 Å². The van der Waals surface area contributed by atoms with Crippen LogP contribution in [0, 0.1) is 13.8 Å². The highest BCUT2D eigenvalue weighted by Gasteiger charge is 2.25. The maximum atomic E-state index is 12.0. The van der Waals surface area contributed by atoms with E-state index < -0.39 is 0 Å². The number of imidazole rings is 1. The Hall–Kier alpha value is -2.58. The molecule has 0 aliphatic carbocycles. The molecule has 1 aliphatic heterocycles. The van der Waals surface area contributed by atoms with Gasteiger partial charge in [0.25, 0.3) is 5.24 Å². The van der Waals surface area contributed by atoms with Crippen LogP contribution in [0.25, 0.3) is 11.0 Å². The molecule has 1 aromatic carbocycles. The minimum atomic E-state index is -0.140. The summed E-state index contributed by atoms with van der Waals surface area (Å²) in [4.78, 5) is 22.9. The number of nitrogens with one attached hydrogen (secondary N) is 1. The molecule has 1 saturated heterocycles. The molecular formula is C18H16N4O2S2. The number of rotatable bonds is 3. The first kappa shape index (κ1) is 16.9. The van der Waals surface area contributed by atoms with Crippen molar-refractivity contribution in [1.29, 1.82) is 0 Å². The molecule has 0 spiro atoms. The fourth-order valence-corrected chi connectivity index (χ4v) is 4.37. The molecule has 1 N–H and O–H groups in total. The summed E-state index contributed by atoms with van der Waals surface area (Å²) in [7, 11) is 1.61. The number of aliphatic imine (C=N–C) groups is 1. The predicted molar refractivity (Wildman–Crippen MR) is 107 cm³/mol. The van der Waals surface area contributed by atoms with Crippen LogP contribution in [-0.4, -0.2) is 27.6 Å². The lowest BCUT2D eigenvalue weighted by Crippen LogP contribution is -2.18. The van der Waals surface area contributed by atoms with Crippen LogP contribution >= 0.6 is 23.1 Å². The molecule has 3 heterocycles. The molecule has 3 aromatic rings. The molecule has 1 aliphatic rings. The molecular weight excluding hydrogens is 368 g/mol. The smallest absolute Gasteiger partial charge is 0.289 e. The van der Waals surface area contributed by atoms with Crippen molar-refractivity contribution in [3.63, 3.8) is 0 Å². The SMILES string of the molecule is COc1cccc(N=C2NC(=O)S/C2=C\c2c(C)nc3scc(C)n23)c1. The van der Waals surface area contributed by atoms with Gasteiger partial charge in [0.1, 0.15) is 11.6 Å². The van der Waals surface area contributed by atoms with Gasteiger partial charge in [-0.2, -0.15) is 0 Å². The zero-order valence-electron chi connectivity index (χ0n) is 14.4. The van der Waals surface area contributed by atoms with E-state index >= 15 is 0 Å². The van der Waals surface area contributed by atoms with Crippen molar-refractivity contribution in [2.24, 2.45) is 4.99 Å². The second-order valence-electron chi connectivity index (χ2n) is 5.76. The molecule has 0 saturated carbocycles. The number of amidine groups is 1. The first-order valence-electron chi connectivity index (χ1n) is 7.92. The monoisotopic (exact) mass is 384 g/mol. The van der Waals surface area contributed by atoms with E-state index in [1.807, 2.05) is 44.2 Å². The number of hydrogen-bond acceptors (Lipinski definition) is 6. The highest BCUT2D eigenvalue weighted by Crippen LogP contribution is 2.31. The van der Waals surface area contributed by atoms with Gasteiger partial charge >= 0.3 is 0 Å². The van der Waals surface area contributed by atoms with Crippen LogP contribution in [0.5, 0.6) is 5.75 Å². The fraction of sp³-hybridized carbons (Fsp3) is 0.167. The molecule has 0 unspecified atom stereocenters. The summed E-state index contributed by atoms with van der Waals surface area (Å²) in [5.74, 6) is 1.26. The molecule has 0 bridgehead atoms. The van der Waals surface area contributed by atoms with Gasteiger partial charge in [-0.15, -0.1) is 11.3 Å². The minimum absolute atomic E-state index is 0.140. The molecule has 1 amide bonds. The number of thiazole rings is 1. The van der Waals surface area contributed by atoms with Crippen molar-refractivity contribution >= 4 is 50.9 Å². The first-order valence-corrected chi connectivity index (χ1v) is 9.61. The van der Waals surface area contributed by atoms with Crippen LogP contribution in [0.1, 0.15) is 17.1 Å². The van der Waals surface area contributed by atoms with Crippen molar-refractivity contribution in [3.05, 3.63) is 51.6 Å². The molecule has 8 heteroatoms. The summed E-state index contributed by atoms with van der Waals surface area (Å²) in [5.41, 5.74) is 3.73. The predicted octanol–water partition coefficient (Wildman–Crippen LogP) is 4.55. The molecule has 2 aromatic heterocycles. The van der Waals surface area contributed by atoms with Crippen molar-refractivity contribution < 1.29 is 9.53 Å². The number of methoxy groups -OCH3 is 1. The van der Waals surface area contributed by atoms with E-state index in [2.05, 4.69) is 25.1 Å². The zero-order chi connectivity index (χ0) is 18.3. The Bertz CT molecular complexity index is 1080. The summed E-state index contributed by atoms with van der Waals surface area (Å²) in [6, 6.07) is 7.41. The number of amides is 1. The molecule has 0 atom stereocenters. The largest absolute Gasteiger partial charge is 0.497 e. The number of nitrogens with zero attached hydrogens (tertiary/aromatic N) is 3. The number of aryl methyl sites for hydroxylation is 2. The molecule has 6 nitrogen and oxygen atoms in total. The van der Waals surface area contributed by atoms with Gasteiger partial charge in [0.05, 0.1) is 29.1 Å². The third kappa shape index (κ3) is 3.02. The average Bonchev–Trinajstić information content (AvgIpc) is 3.25. The van der Waals surface area contributed by atoms with Gasteiger partial charge in [0.15, 0.2) is 4.96 Å². The molecule has 1 fully saturated rings. The topological polar surface area (TPSA) is 68.0 Å². The van der Waals surface area contributed by atoms with E-state index in [1.54, 1.807) is 18.4 Å². The third-order valence-corrected chi connectivity index (χ3v) is 5.73. The Labute approximate surface area is 158 Å². The maximum absolute atomic E-state index is 12.0. The lowest BCUT2D eigenvalue weighted by atomic mass is 10.3. The minimum Gasteiger partial charge on any atom is -0.497 e. The van der Waals surface area contributed by atoms with E-state index in [-0.39, 0.29) is 5.24 Å². The van der Waals surface area contributed by atoms with E-state index in [1.165, 1.54) is 0 Å². The van der Waals surface area contributed by atoms with Gasteiger partial charge in [-0.05, 0) is 43.8 Å². The van der Waals surface area contributed by atoms with Crippen molar-refractivity contribution in [1.82, 2.24) is 14.7 Å². The van der Waals surface area contributed by atoms with Crippen LogP contribution in [0.3, 0.4) is 0 Å². The third-order valence-electron chi connectivity index (χ3n) is 3.97. The van der Waals surface area contributed by atoms with Crippen LogP contribution < -0.4 is 10.1 Å². The second kappa shape index (κ2) is 6.62. The van der Waals surface area contributed by atoms with E-state index in [9.17, 15) is 4.79 Å². The Balaban J connectivity index is 1.79. The number of carbonyl (C=O) groups is 1. The maximum Gasteiger partial charge on any atom is 0.289 e. The van der Waals surface area contributed by atoms with Gasteiger partial charge < -0.3 is 10.1 Å². The van der Waals surface area contributed by atoms with Crippen LogP contribution in [0.4, 0.5) is 10.5 Å². The van der Waals surface area contributed by atoms with E-state index in [4.69, 9.17) is 4.74 Å². The first-order chi connectivity index (χ1) is 12.5. The molecule has 0 radical (unpaired) electrons. The average molecular weight is 384 g/mol. The highest BCUT2D eigenvalue weighted by atomic mass is 32.2. The lowest BCUT2D eigenvalue weighted by molar-refractivity contribution is 0.265. The number of benzene rings is 1. The second-order valence-corrected chi connectivity index (χ2v) is 7.61. The number of hydrogen-bond donors (Lipinski definition) is 1. The van der Waals surface area contributed by atoms with Gasteiger partial charge in [0.2, 0.25) is 0 Å². The lowest BCUT2D eigenvalue weighted by Gasteiger charge is -2.03. The summed E-state index contributed by atoms with van der Waals surface area (Å²) >= 11 is 2.74. The van der Waals surface area contributed by atoms with Crippen molar-refractivity contribution in [2.75, 3.05) is 7.11 Å². The Morgan fingerprint density at radius 3 is 3.00 bits per heavy atom. The summed E-state index contributed by atoms with van der Waals surface area (Å²) < 4.78 is 7.33. The standard InChI is InChI=1S/C18H16N4O2S2/c1-10-9-25-17-19-11(2)14(22(10)17)8-15-16(21-18(23)26-15)20-12-5-4-6-13(7-12)24-3/h4-9H,1-3H3,(H,20,21,23)/b15-8-. The number of carbonyl (C=O) groups excluding carboxylic acids is 1. The Morgan fingerprint density at radius 2 is 2.19 bits per heavy atom. The number of aromatic nitrogens is 2. The fourth-order valence-electron chi connectivity index (χ4n) is 2.74. The van der Waals surface area contributed by atoms with Crippen LogP contribution in [0.15, 0.2) is 39.5 Å². The van der Waals surface area contributed by atoms with Crippen LogP contribution in [-0.2, 0) is 0 Å². The van der Waals surface area contributed by atoms with Gasteiger partial charge in [-0.1, -0.05) is 6.07 Å². The summed E-state index contributed by atoms with van der Waals surface area (Å²) in [5, 5.41) is 4.75. The molecule has 132 valence electrons. The Kier molecular flexibility index (Phi) is 4.29. The van der Waals surface area contributed by atoms with E-state index in [0.717, 1.165) is 50.1 Å². The zero-order valence-corrected chi connectivity index (χ0v) is 16.1. The Morgan fingerprint density at radius 1 is 1.35 bits per heavy atom. The number of ether oxygens (including phenoxy) is 1.